The molecule has 3 aromatic rings. The molecule has 3 rings (SSSR count). The lowest BCUT2D eigenvalue weighted by Gasteiger charge is -2.05. The van der Waals surface area contributed by atoms with Crippen LogP contribution in [0.4, 0.5) is 10.1 Å². The van der Waals surface area contributed by atoms with Gasteiger partial charge in [-0.2, -0.15) is 5.10 Å². The van der Waals surface area contributed by atoms with Gasteiger partial charge < -0.3 is 0 Å². The lowest BCUT2D eigenvalue weighted by Crippen LogP contribution is -2.11. The van der Waals surface area contributed by atoms with E-state index < -0.39 is 15.8 Å². The molecule has 0 aliphatic rings. The van der Waals surface area contributed by atoms with E-state index in [0.717, 1.165) is 33.2 Å². The standard InChI is InChI=1S/C15H14FN3O2S2/c1-9-10(2)17-18-15(9)13-7-8-14(22-13)23(20,21)19-12-5-3-11(16)4-6-12/h3-8,19H,1-2H3,(H,17,18). The van der Waals surface area contributed by atoms with Gasteiger partial charge in [-0.25, -0.2) is 12.8 Å². The fourth-order valence-electron chi connectivity index (χ4n) is 2.04. The summed E-state index contributed by atoms with van der Waals surface area (Å²) in [5, 5.41) is 7.09. The molecule has 120 valence electrons. The Labute approximate surface area is 137 Å². The highest BCUT2D eigenvalue weighted by Gasteiger charge is 2.19. The monoisotopic (exact) mass is 351 g/mol. The molecule has 0 aliphatic carbocycles. The largest absolute Gasteiger partial charge is 0.282 e. The van der Waals surface area contributed by atoms with Crippen molar-refractivity contribution in [3.63, 3.8) is 0 Å². The van der Waals surface area contributed by atoms with Gasteiger partial charge in [-0.1, -0.05) is 0 Å². The van der Waals surface area contributed by atoms with Gasteiger partial charge in [-0.3, -0.25) is 9.82 Å². The summed E-state index contributed by atoms with van der Waals surface area (Å²) >= 11 is 1.14. The first-order valence-corrected chi connectivity index (χ1v) is 9.07. The van der Waals surface area contributed by atoms with E-state index in [0.29, 0.717) is 5.69 Å². The van der Waals surface area contributed by atoms with Crippen molar-refractivity contribution in [1.29, 1.82) is 0 Å². The maximum absolute atomic E-state index is 12.9. The van der Waals surface area contributed by atoms with Crippen LogP contribution < -0.4 is 4.72 Å². The van der Waals surface area contributed by atoms with Crippen LogP contribution in [0.3, 0.4) is 0 Å². The van der Waals surface area contributed by atoms with Crippen LogP contribution in [0.25, 0.3) is 10.6 Å². The summed E-state index contributed by atoms with van der Waals surface area (Å²) in [7, 11) is -3.71. The first-order valence-electron chi connectivity index (χ1n) is 6.77. The Morgan fingerprint density at radius 3 is 2.43 bits per heavy atom. The van der Waals surface area contributed by atoms with Gasteiger partial charge in [0.25, 0.3) is 10.0 Å². The number of aromatic amines is 1. The Morgan fingerprint density at radius 2 is 1.83 bits per heavy atom. The van der Waals surface area contributed by atoms with E-state index in [2.05, 4.69) is 14.9 Å². The number of rotatable bonds is 4. The van der Waals surface area contributed by atoms with Crippen molar-refractivity contribution < 1.29 is 12.8 Å². The third-order valence-corrected chi connectivity index (χ3v) is 6.39. The van der Waals surface area contributed by atoms with Crippen molar-refractivity contribution >= 4 is 27.0 Å². The number of aromatic nitrogens is 2. The van der Waals surface area contributed by atoms with Crippen molar-refractivity contribution in [1.82, 2.24) is 10.2 Å². The predicted octanol–water partition coefficient (Wildman–Crippen LogP) is 3.69. The fraction of sp³-hybridized carbons (Fsp3) is 0.133. The molecule has 0 radical (unpaired) electrons. The second-order valence-corrected chi connectivity index (χ2v) is 8.05. The summed E-state index contributed by atoms with van der Waals surface area (Å²) in [6.07, 6.45) is 0. The number of benzene rings is 1. The molecule has 8 heteroatoms. The second kappa shape index (κ2) is 5.78. The molecule has 0 saturated carbocycles. The Hall–Kier alpha value is -2.19. The third-order valence-electron chi connectivity index (χ3n) is 3.43. The van der Waals surface area contributed by atoms with Crippen LogP contribution >= 0.6 is 11.3 Å². The van der Waals surface area contributed by atoms with E-state index >= 15 is 0 Å². The van der Waals surface area contributed by atoms with E-state index in [1.54, 1.807) is 6.07 Å². The van der Waals surface area contributed by atoms with E-state index in [-0.39, 0.29) is 4.21 Å². The van der Waals surface area contributed by atoms with Crippen molar-refractivity contribution in [3.8, 4) is 10.6 Å². The predicted molar refractivity (Wildman–Crippen MR) is 88.6 cm³/mol. The van der Waals surface area contributed by atoms with E-state index in [1.165, 1.54) is 30.3 Å². The molecule has 2 heterocycles. The molecule has 5 nitrogen and oxygen atoms in total. The molecule has 2 aromatic heterocycles. The zero-order valence-corrected chi connectivity index (χ0v) is 14.1. The van der Waals surface area contributed by atoms with Gasteiger partial charge in [-0.05, 0) is 55.8 Å². The van der Waals surface area contributed by atoms with Crippen molar-refractivity contribution in [3.05, 3.63) is 53.5 Å². The number of sulfonamides is 1. The average molecular weight is 351 g/mol. The van der Waals surface area contributed by atoms with E-state index in [1.807, 2.05) is 13.8 Å². The third kappa shape index (κ3) is 3.13. The van der Waals surface area contributed by atoms with Gasteiger partial charge >= 0.3 is 0 Å². The van der Waals surface area contributed by atoms with E-state index in [4.69, 9.17) is 0 Å². The van der Waals surface area contributed by atoms with Gasteiger partial charge in [0.15, 0.2) is 0 Å². The molecule has 23 heavy (non-hydrogen) atoms. The first-order chi connectivity index (χ1) is 10.9. The minimum atomic E-state index is -3.71. The molecule has 1 aromatic carbocycles. The smallest absolute Gasteiger partial charge is 0.271 e. The Morgan fingerprint density at radius 1 is 1.13 bits per heavy atom. The van der Waals surface area contributed by atoms with Crippen molar-refractivity contribution in [2.75, 3.05) is 4.72 Å². The highest BCUT2D eigenvalue weighted by molar-refractivity contribution is 7.94. The number of nitrogens with one attached hydrogen (secondary N) is 2. The number of aryl methyl sites for hydroxylation is 1. The van der Waals surface area contributed by atoms with Crippen molar-refractivity contribution in [2.24, 2.45) is 0 Å². The summed E-state index contributed by atoms with van der Waals surface area (Å²) in [6, 6.07) is 8.42. The molecule has 2 N–H and O–H groups in total. The van der Waals surface area contributed by atoms with Crippen LogP contribution in [-0.4, -0.2) is 18.6 Å². The van der Waals surface area contributed by atoms with Crippen LogP contribution in [0, 0.1) is 19.7 Å². The number of hydrogen-bond acceptors (Lipinski definition) is 4. The number of thiophene rings is 1. The van der Waals surface area contributed by atoms with Gasteiger partial charge in [0.1, 0.15) is 15.7 Å². The van der Waals surface area contributed by atoms with Crippen molar-refractivity contribution in [2.45, 2.75) is 18.1 Å². The summed E-state index contributed by atoms with van der Waals surface area (Å²) in [5.74, 6) is -0.421. The summed E-state index contributed by atoms with van der Waals surface area (Å²) in [4.78, 5) is 0.770. The summed E-state index contributed by atoms with van der Waals surface area (Å²) in [6.45, 7) is 3.84. The van der Waals surface area contributed by atoms with Gasteiger partial charge in [0, 0.05) is 11.4 Å². The first kappa shape index (κ1) is 15.7. The maximum Gasteiger partial charge on any atom is 0.271 e. The van der Waals surface area contributed by atoms with Crippen LogP contribution in [0.5, 0.6) is 0 Å². The van der Waals surface area contributed by atoms with Crippen LogP contribution in [0.1, 0.15) is 11.3 Å². The second-order valence-electron chi connectivity index (χ2n) is 5.05. The molecule has 0 spiro atoms. The Balaban J connectivity index is 1.89. The average Bonchev–Trinajstić information content (AvgIpc) is 3.10. The molecule has 0 amide bonds. The number of H-pyrrole nitrogens is 1. The normalized spacial score (nSPS) is 11.6. The minimum Gasteiger partial charge on any atom is -0.282 e. The molecule has 0 atom stereocenters. The summed E-state index contributed by atoms with van der Waals surface area (Å²) < 4.78 is 40.3. The van der Waals surface area contributed by atoms with Crippen LogP contribution in [0.2, 0.25) is 0 Å². The number of hydrogen-bond donors (Lipinski definition) is 2. The topological polar surface area (TPSA) is 74.8 Å². The quantitative estimate of drug-likeness (QED) is 0.753. The number of nitrogens with zero attached hydrogens (tertiary/aromatic N) is 1. The molecule has 0 fully saturated rings. The molecule has 0 unspecified atom stereocenters. The zero-order valence-electron chi connectivity index (χ0n) is 12.4. The lowest BCUT2D eigenvalue weighted by atomic mass is 10.2. The number of halogens is 1. The molecule has 0 bridgehead atoms. The fourth-order valence-corrected chi connectivity index (χ4v) is 4.45. The van der Waals surface area contributed by atoms with Gasteiger partial charge in [0.05, 0.1) is 4.88 Å². The molecular formula is C15H14FN3O2S2. The highest BCUT2D eigenvalue weighted by atomic mass is 32.2. The zero-order chi connectivity index (χ0) is 16.6. The molecular weight excluding hydrogens is 337 g/mol. The van der Waals surface area contributed by atoms with Crippen LogP contribution in [0.15, 0.2) is 40.6 Å². The Kier molecular flexibility index (Phi) is 3.95. The molecule has 0 aliphatic heterocycles. The SMILES string of the molecule is Cc1[nH]nc(-c2ccc(S(=O)(=O)Nc3ccc(F)cc3)s2)c1C. The number of anilines is 1. The van der Waals surface area contributed by atoms with Gasteiger partial charge in [-0.15, -0.1) is 11.3 Å². The minimum absolute atomic E-state index is 0.178. The highest BCUT2D eigenvalue weighted by Crippen LogP contribution is 2.32. The van der Waals surface area contributed by atoms with Gasteiger partial charge in [0.2, 0.25) is 0 Å². The van der Waals surface area contributed by atoms with Crippen LogP contribution in [-0.2, 0) is 10.0 Å². The summed E-state index contributed by atoms with van der Waals surface area (Å²) in [5.41, 5.74) is 2.99. The Bertz CT molecular complexity index is 944. The maximum atomic E-state index is 12.9. The van der Waals surface area contributed by atoms with E-state index in [9.17, 15) is 12.8 Å². The lowest BCUT2D eigenvalue weighted by molar-refractivity contribution is 0.603. The molecule has 0 saturated heterocycles.